The van der Waals surface area contributed by atoms with E-state index in [1.54, 1.807) is 31.2 Å². The minimum absolute atomic E-state index is 0.113. The normalized spacial score (nSPS) is 18.3. The number of piperazine rings is 1. The number of nitrogens with one attached hydrogen (secondary N) is 1. The highest BCUT2D eigenvalue weighted by atomic mass is 32.2. The molecule has 0 atom stereocenters. The third kappa shape index (κ3) is 5.33. The number of aromatic carboxylic acids is 1. The summed E-state index contributed by atoms with van der Waals surface area (Å²) < 4.78 is 28.5. The zero-order valence-corrected chi connectivity index (χ0v) is 20.2. The Balaban J connectivity index is 1.51. The second-order valence-corrected chi connectivity index (χ2v) is 10.9. The second-order valence-electron chi connectivity index (χ2n) is 9.23. The van der Waals surface area contributed by atoms with Crippen LogP contribution in [0.3, 0.4) is 0 Å². The molecular formula is C25H33N3O4S. The van der Waals surface area contributed by atoms with Crippen molar-refractivity contribution in [3.8, 4) is 0 Å². The van der Waals surface area contributed by atoms with Crippen molar-refractivity contribution in [3.63, 3.8) is 0 Å². The lowest BCUT2D eigenvalue weighted by Crippen LogP contribution is -2.51. The van der Waals surface area contributed by atoms with E-state index < -0.39 is 16.0 Å². The quantitative estimate of drug-likeness (QED) is 0.654. The van der Waals surface area contributed by atoms with Crippen LogP contribution in [0.5, 0.6) is 0 Å². The predicted molar refractivity (Wildman–Crippen MR) is 131 cm³/mol. The molecule has 2 N–H and O–H groups in total. The van der Waals surface area contributed by atoms with Crippen LogP contribution in [0.1, 0.15) is 53.6 Å². The first-order valence-electron chi connectivity index (χ1n) is 11.7. The number of carbonyl (C=O) groups is 1. The summed E-state index contributed by atoms with van der Waals surface area (Å²) in [5.41, 5.74) is 2.48. The van der Waals surface area contributed by atoms with Gasteiger partial charge in [-0.1, -0.05) is 31.4 Å². The number of rotatable bonds is 6. The molecule has 0 spiro atoms. The summed E-state index contributed by atoms with van der Waals surface area (Å²) >= 11 is 0. The van der Waals surface area contributed by atoms with E-state index in [1.807, 2.05) is 13.0 Å². The zero-order valence-electron chi connectivity index (χ0n) is 19.4. The molecule has 1 aliphatic carbocycles. The van der Waals surface area contributed by atoms with Crippen molar-refractivity contribution in [2.24, 2.45) is 0 Å². The largest absolute Gasteiger partial charge is 0.478 e. The molecule has 1 saturated carbocycles. The summed E-state index contributed by atoms with van der Waals surface area (Å²) in [7, 11) is -3.83. The Morgan fingerprint density at radius 2 is 1.67 bits per heavy atom. The molecule has 178 valence electrons. The van der Waals surface area contributed by atoms with E-state index in [2.05, 4.69) is 14.5 Å². The van der Waals surface area contributed by atoms with Crippen molar-refractivity contribution in [1.82, 2.24) is 4.90 Å². The average molecular weight is 472 g/mol. The van der Waals surface area contributed by atoms with E-state index >= 15 is 0 Å². The number of benzene rings is 2. The van der Waals surface area contributed by atoms with E-state index in [4.69, 9.17) is 0 Å². The molecule has 7 nitrogen and oxygen atoms in total. The van der Waals surface area contributed by atoms with Gasteiger partial charge in [0.05, 0.1) is 16.1 Å². The molecule has 1 aliphatic heterocycles. The van der Waals surface area contributed by atoms with Gasteiger partial charge in [-0.25, -0.2) is 13.2 Å². The lowest BCUT2D eigenvalue weighted by Gasteiger charge is -2.41. The fraction of sp³-hybridized carbons (Fsp3) is 0.480. The molecule has 0 bridgehead atoms. The Bertz CT molecular complexity index is 1120. The molecule has 2 aliphatic rings. The third-order valence-electron chi connectivity index (χ3n) is 6.86. The van der Waals surface area contributed by atoms with Crippen LogP contribution in [0, 0.1) is 13.8 Å². The van der Waals surface area contributed by atoms with Gasteiger partial charge in [-0.2, -0.15) is 0 Å². The average Bonchev–Trinajstić information content (AvgIpc) is 2.81. The van der Waals surface area contributed by atoms with Crippen LogP contribution in [0.25, 0.3) is 0 Å². The van der Waals surface area contributed by atoms with Crippen LogP contribution in [-0.4, -0.2) is 56.6 Å². The second kappa shape index (κ2) is 9.73. The Morgan fingerprint density at radius 3 is 2.33 bits per heavy atom. The summed E-state index contributed by atoms with van der Waals surface area (Å²) in [4.78, 5) is 16.9. The number of sulfonamides is 1. The summed E-state index contributed by atoms with van der Waals surface area (Å²) in [6, 6.07) is 10.7. The third-order valence-corrected chi connectivity index (χ3v) is 8.38. The summed E-state index contributed by atoms with van der Waals surface area (Å²) in [6.07, 6.45) is 6.45. The Kier molecular flexibility index (Phi) is 6.95. The minimum atomic E-state index is -3.83. The van der Waals surface area contributed by atoms with Crippen LogP contribution in [-0.2, 0) is 10.0 Å². The summed E-state index contributed by atoms with van der Waals surface area (Å²) in [6.45, 7) is 6.96. The molecule has 0 radical (unpaired) electrons. The van der Waals surface area contributed by atoms with Crippen LogP contribution in [0.2, 0.25) is 0 Å². The van der Waals surface area contributed by atoms with E-state index in [9.17, 15) is 18.3 Å². The Morgan fingerprint density at radius 1 is 0.970 bits per heavy atom. The molecule has 33 heavy (non-hydrogen) atoms. The molecule has 0 aromatic heterocycles. The van der Waals surface area contributed by atoms with Crippen molar-refractivity contribution >= 4 is 27.4 Å². The van der Waals surface area contributed by atoms with Gasteiger partial charge in [0.2, 0.25) is 0 Å². The zero-order chi connectivity index (χ0) is 23.6. The maximum Gasteiger partial charge on any atom is 0.337 e. The van der Waals surface area contributed by atoms with Crippen molar-refractivity contribution in [3.05, 3.63) is 53.1 Å². The van der Waals surface area contributed by atoms with Gasteiger partial charge in [0.25, 0.3) is 10.0 Å². The fourth-order valence-electron chi connectivity index (χ4n) is 5.03. The minimum Gasteiger partial charge on any atom is -0.478 e. The van der Waals surface area contributed by atoms with Crippen LogP contribution < -0.4 is 9.62 Å². The highest BCUT2D eigenvalue weighted by Gasteiger charge is 2.27. The SMILES string of the molecule is Cc1ccc(C)c(S(=O)(=O)Nc2ccc(N3CCN(C4CCCCC4)CC3)c(C(=O)O)c2)c1. The van der Waals surface area contributed by atoms with Gasteiger partial charge in [0.15, 0.2) is 0 Å². The van der Waals surface area contributed by atoms with Crippen LogP contribution >= 0.6 is 0 Å². The standard InChI is InChI=1S/C25H33N3O4S/c1-18-8-9-19(2)24(16-18)33(31,32)26-20-10-11-23(22(17-20)25(29)30)28-14-12-27(13-15-28)21-6-4-3-5-7-21/h8-11,16-17,21,26H,3-7,12-15H2,1-2H3,(H,29,30). The first kappa shape index (κ1) is 23.6. The van der Waals surface area contributed by atoms with Gasteiger partial charge in [-0.15, -0.1) is 0 Å². The Labute approximate surface area is 196 Å². The van der Waals surface area contributed by atoms with Gasteiger partial charge in [0, 0.05) is 37.9 Å². The fourth-order valence-corrected chi connectivity index (χ4v) is 6.41. The van der Waals surface area contributed by atoms with Crippen molar-refractivity contribution in [1.29, 1.82) is 0 Å². The monoisotopic (exact) mass is 471 g/mol. The van der Waals surface area contributed by atoms with Crippen LogP contribution in [0.15, 0.2) is 41.3 Å². The molecule has 2 fully saturated rings. The van der Waals surface area contributed by atoms with E-state index in [0.29, 0.717) is 17.3 Å². The number of hydrogen-bond acceptors (Lipinski definition) is 5. The van der Waals surface area contributed by atoms with E-state index in [-0.39, 0.29) is 16.1 Å². The number of carboxylic acid groups (broad SMARTS) is 1. The molecule has 0 unspecified atom stereocenters. The first-order valence-corrected chi connectivity index (χ1v) is 13.2. The van der Waals surface area contributed by atoms with Gasteiger partial charge >= 0.3 is 5.97 Å². The number of aryl methyl sites for hydroxylation is 2. The molecule has 1 heterocycles. The van der Waals surface area contributed by atoms with Gasteiger partial charge in [0.1, 0.15) is 0 Å². The van der Waals surface area contributed by atoms with Crippen molar-refractivity contribution in [2.45, 2.75) is 56.9 Å². The number of anilines is 2. The molecule has 1 saturated heterocycles. The highest BCUT2D eigenvalue weighted by molar-refractivity contribution is 7.92. The van der Waals surface area contributed by atoms with Gasteiger partial charge in [-0.3, -0.25) is 9.62 Å². The van der Waals surface area contributed by atoms with Crippen molar-refractivity contribution < 1.29 is 18.3 Å². The van der Waals surface area contributed by atoms with Crippen LogP contribution in [0.4, 0.5) is 11.4 Å². The smallest absolute Gasteiger partial charge is 0.337 e. The van der Waals surface area contributed by atoms with E-state index in [1.165, 1.54) is 38.2 Å². The maximum atomic E-state index is 13.0. The number of carboxylic acids is 1. The maximum absolute atomic E-state index is 13.0. The topological polar surface area (TPSA) is 90.0 Å². The van der Waals surface area contributed by atoms with Gasteiger partial charge in [-0.05, 0) is 62.1 Å². The van der Waals surface area contributed by atoms with Gasteiger partial charge < -0.3 is 10.0 Å². The summed E-state index contributed by atoms with van der Waals surface area (Å²) in [5.74, 6) is -1.06. The first-order chi connectivity index (χ1) is 15.7. The van der Waals surface area contributed by atoms with E-state index in [0.717, 1.165) is 31.7 Å². The molecule has 0 amide bonds. The summed E-state index contributed by atoms with van der Waals surface area (Å²) in [5, 5.41) is 9.86. The molecule has 8 heteroatoms. The predicted octanol–water partition coefficient (Wildman–Crippen LogP) is 4.26. The molecule has 2 aromatic carbocycles. The number of hydrogen-bond donors (Lipinski definition) is 2. The Hall–Kier alpha value is -2.58. The highest BCUT2D eigenvalue weighted by Crippen LogP contribution is 2.29. The molecule has 2 aromatic rings. The number of nitrogens with zero attached hydrogens (tertiary/aromatic N) is 2. The lowest BCUT2D eigenvalue weighted by molar-refractivity contribution is 0.0697. The molecular weight excluding hydrogens is 438 g/mol. The molecule has 4 rings (SSSR count). The lowest BCUT2D eigenvalue weighted by atomic mass is 9.94. The van der Waals surface area contributed by atoms with Crippen molar-refractivity contribution in [2.75, 3.05) is 35.8 Å².